The summed E-state index contributed by atoms with van der Waals surface area (Å²) in [5.74, 6) is 0.157. The summed E-state index contributed by atoms with van der Waals surface area (Å²) in [6.45, 7) is 5.79. The maximum atomic E-state index is 12.4. The van der Waals surface area contributed by atoms with E-state index in [0.717, 1.165) is 25.8 Å². The van der Waals surface area contributed by atoms with Crippen LogP contribution >= 0.6 is 23.2 Å². The summed E-state index contributed by atoms with van der Waals surface area (Å²) >= 11 is 12.1. The van der Waals surface area contributed by atoms with Crippen molar-refractivity contribution in [3.05, 3.63) is 0 Å². The number of nitrogens with zero attached hydrogens (tertiary/aromatic N) is 1. The molecule has 1 aliphatic heterocycles. The van der Waals surface area contributed by atoms with E-state index in [2.05, 4.69) is 5.32 Å². The molecule has 6 heteroatoms. The monoisotopic (exact) mass is 320 g/mol. The molecule has 114 valence electrons. The minimum Gasteiger partial charge on any atom is -0.356 e. The van der Waals surface area contributed by atoms with Crippen molar-refractivity contribution in [1.82, 2.24) is 10.2 Å². The molecule has 1 heterocycles. The Morgan fingerprint density at radius 1 is 1.30 bits per heavy atom. The zero-order valence-corrected chi connectivity index (χ0v) is 13.6. The van der Waals surface area contributed by atoms with Crippen LogP contribution in [0.15, 0.2) is 0 Å². The molecule has 20 heavy (non-hydrogen) atoms. The average Bonchev–Trinajstić information content (AvgIpc) is 2.95. The van der Waals surface area contributed by atoms with Crippen molar-refractivity contribution in [3.63, 3.8) is 0 Å². The zero-order chi connectivity index (χ0) is 15.0. The van der Waals surface area contributed by atoms with Gasteiger partial charge in [0.2, 0.25) is 11.8 Å². The highest BCUT2D eigenvalue weighted by Crippen LogP contribution is 2.64. The number of carbonyl (C=O) groups excluding carboxylic acids is 2. The van der Waals surface area contributed by atoms with Crippen molar-refractivity contribution in [3.8, 4) is 0 Å². The van der Waals surface area contributed by atoms with Gasteiger partial charge in [-0.25, -0.2) is 0 Å². The van der Waals surface area contributed by atoms with Crippen molar-refractivity contribution >= 4 is 35.0 Å². The van der Waals surface area contributed by atoms with Gasteiger partial charge in [-0.15, -0.1) is 23.2 Å². The number of amides is 2. The van der Waals surface area contributed by atoms with Gasteiger partial charge in [0.05, 0.1) is 5.41 Å². The summed E-state index contributed by atoms with van der Waals surface area (Å²) in [7, 11) is 0. The number of nitrogens with one attached hydrogen (secondary N) is 1. The van der Waals surface area contributed by atoms with E-state index in [0.29, 0.717) is 19.5 Å². The molecule has 2 fully saturated rings. The van der Waals surface area contributed by atoms with E-state index in [1.54, 1.807) is 4.90 Å². The Hall–Kier alpha value is -0.480. The second kappa shape index (κ2) is 5.72. The fourth-order valence-corrected chi connectivity index (χ4v) is 3.41. The first kappa shape index (κ1) is 15.9. The predicted octanol–water partition coefficient (Wildman–Crippen LogP) is 2.34. The summed E-state index contributed by atoms with van der Waals surface area (Å²) in [5.41, 5.74) is -0.645. The van der Waals surface area contributed by atoms with Crippen LogP contribution in [0.4, 0.5) is 0 Å². The summed E-state index contributed by atoms with van der Waals surface area (Å²) in [5, 5.41) is 2.92. The van der Waals surface area contributed by atoms with E-state index in [9.17, 15) is 9.59 Å². The third-order valence-electron chi connectivity index (χ3n) is 4.43. The number of rotatable bonds is 4. The van der Waals surface area contributed by atoms with Crippen LogP contribution in [0, 0.1) is 11.3 Å². The van der Waals surface area contributed by atoms with E-state index in [1.807, 2.05) is 13.8 Å². The first-order valence-corrected chi connectivity index (χ1v) is 8.02. The highest BCUT2D eigenvalue weighted by Gasteiger charge is 2.68. The fourth-order valence-electron chi connectivity index (χ4n) is 2.72. The van der Waals surface area contributed by atoms with Gasteiger partial charge in [-0.1, -0.05) is 6.92 Å². The van der Waals surface area contributed by atoms with Crippen LogP contribution < -0.4 is 5.32 Å². The minimum absolute atomic E-state index is 0.0226. The lowest BCUT2D eigenvalue weighted by Gasteiger charge is -2.33. The van der Waals surface area contributed by atoms with Gasteiger partial charge in [-0.05, 0) is 32.6 Å². The van der Waals surface area contributed by atoms with Gasteiger partial charge < -0.3 is 10.2 Å². The summed E-state index contributed by atoms with van der Waals surface area (Å²) in [4.78, 5) is 26.1. The molecule has 0 aromatic heterocycles. The molecule has 0 bridgehead atoms. The molecule has 1 saturated carbocycles. The van der Waals surface area contributed by atoms with Gasteiger partial charge in [0.15, 0.2) is 0 Å². The minimum atomic E-state index is -0.917. The van der Waals surface area contributed by atoms with Crippen LogP contribution in [-0.4, -0.2) is 40.7 Å². The van der Waals surface area contributed by atoms with Gasteiger partial charge in [0.25, 0.3) is 0 Å². The quantitative estimate of drug-likeness (QED) is 0.808. The third kappa shape index (κ3) is 2.91. The lowest BCUT2D eigenvalue weighted by atomic mass is 9.94. The predicted molar refractivity (Wildman–Crippen MR) is 79.8 cm³/mol. The molecule has 2 rings (SSSR count). The highest BCUT2D eigenvalue weighted by molar-refractivity contribution is 6.53. The molecule has 1 atom stereocenters. The molecule has 4 nitrogen and oxygen atoms in total. The number of alkyl halides is 2. The number of piperidine rings is 1. The van der Waals surface area contributed by atoms with E-state index >= 15 is 0 Å². The molecule has 0 spiro atoms. The second-order valence-electron chi connectivity index (χ2n) is 6.07. The molecular formula is C14H22Cl2N2O2. The van der Waals surface area contributed by atoms with Crippen LogP contribution in [0.3, 0.4) is 0 Å². The van der Waals surface area contributed by atoms with Crippen LogP contribution in [-0.2, 0) is 9.59 Å². The number of likely N-dealkylation sites (tertiary alicyclic amines) is 1. The Balaban J connectivity index is 1.83. The van der Waals surface area contributed by atoms with Gasteiger partial charge in [0.1, 0.15) is 4.33 Å². The Labute approximate surface area is 130 Å². The maximum absolute atomic E-state index is 12.4. The lowest BCUT2D eigenvalue weighted by molar-refractivity contribution is -0.139. The summed E-state index contributed by atoms with van der Waals surface area (Å²) < 4.78 is -0.917. The first-order chi connectivity index (χ1) is 9.32. The standard InChI is InChI=1S/C14H22Cl2N2O2/c1-3-6-17-11(19)10-4-7-18(8-5-10)12(20)13(2)9-14(13,15)16/h10H,3-9H2,1-2H3,(H,17,19). The normalized spacial score (nSPS) is 29.1. The zero-order valence-electron chi connectivity index (χ0n) is 12.0. The average molecular weight is 321 g/mol. The smallest absolute Gasteiger partial charge is 0.231 e. The topological polar surface area (TPSA) is 49.4 Å². The molecule has 1 saturated heterocycles. The van der Waals surface area contributed by atoms with Crippen molar-refractivity contribution in [2.24, 2.45) is 11.3 Å². The van der Waals surface area contributed by atoms with Crippen LogP contribution in [0.2, 0.25) is 0 Å². The molecule has 0 aromatic carbocycles. The molecule has 2 aliphatic rings. The van der Waals surface area contributed by atoms with E-state index < -0.39 is 9.75 Å². The van der Waals surface area contributed by atoms with E-state index in [-0.39, 0.29) is 17.7 Å². The van der Waals surface area contributed by atoms with Crippen molar-refractivity contribution in [1.29, 1.82) is 0 Å². The van der Waals surface area contributed by atoms with Crippen LogP contribution in [0.1, 0.15) is 39.5 Å². The number of carbonyl (C=O) groups is 2. The lowest BCUT2D eigenvalue weighted by Crippen LogP contribution is -2.46. The summed E-state index contributed by atoms with van der Waals surface area (Å²) in [6.07, 6.45) is 2.89. The van der Waals surface area contributed by atoms with Crippen molar-refractivity contribution in [2.45, 2.75) is 43.9 Å². The number of hydrogen-bond acceptors (Lipinski definition) is 2. The number of halogens is 2. The van der Waals surface area contributed by atoms with Gasteiger partial charge in [-0.3, -0.25) is 9.59 Å². The molecule has 1 unspecified atom stereocenters. The Kier molecular flexibility index (Phi) is 4.55. The molecule has 1 N–H and O–H groups in total. The van der Waals surface area contributed by atoms with E-state index in [4.69, 9.17) is 23.2 Å². The highest BCUT2D eigenvalue weighted by atomic mass is 35.5. The summed E-state index contributed by atoms with van der Waals surface area (Å²) in [6, 6.07) is 0. The van der Waals surface area contributed by atoms with E-state index in [1.165, 1.54) is 0 Å². The fraction of sp³-hybridized carbons (Fsp3) is 0.857. The second-order valence-corrected chi connectivity index (χ2v) is 7.55. The largest absolute Gasteiger partial charge is 0.356 e. The molecule has 2 amide bonds. The molecule has 0 radical (unpaired) electrons. The number of hydrogen-bond donors (Lipinski definition) is 1. The molecular weight excluding hydrogens is 299 g/mol. The Morgan fingerprint density at radius 3 is 2.30 bits per heavy atom. The third-order valence-corrected chi connectivity index (χ3v) is 5.53. The van der Waals surface area contributed by atoms with Gasteiger partial charge >= 0.3 is 0 Å². The molecule has 1 aliphatic carbocycles. The molecule has 0 aromatic rings. The van der Waals surface area contributed by atoms with Crippen molar-refractivity contribution in [2.75, 3.05) is 19.6 Å². The Bertz CT molecular complexity index is 406. The first-order valence-electron chi connectivity index (χ1n) is 7.27. The maximum Gasteiger partial charge on any atom is 0.231 e. The van der Waals surface area contributed by atoms with Crippen LogP contribution in [0.25, 0.3) is 0 Å². The van der Waals surface area contributed by atoms with Gasteiger partial charge in [-0.2, -0.15) is 0 Å². The van der Waals surface area contributed by atoms with Crippen LogP contribution in [0.5, 0.6) is 0 Å². The SMILES string of the molecule is CCCNC(=O)C1CCN(C(=O)C2(C)CC2(Cl)Cl)CC1. The van der Waals surface area contributed by atoms with Crippen molar-refractivity contribution < 1.29 is 9.59 Å². The van der Waals surface area contributed by atoms with Gasteiger partial charge in [0, 0.05) is 25.6 Å². The Morgan fingerprint density at radius 2 is 1.85 bits per heavy atom.